The molecular weight excluding hydrogens is 470 g/mol. The van der Waals surface area contributed by atoms with Gasteiger partial charge in [-0.3, -0.25) is 4.98 Å². The van der Waals surface area contributed by atoms with E-state index < -0.39 is 0 Å². The van der Waals surface area contributed by atoms with Crippen molar-refractivity contribution in [1.29, 1.82) is 0 Å². The van der Waals surface area contributed by atoms with E-state index in [0.717, 1.165) is 32.1 Å². The Balaban J connectivity index is 1.78. The summed E-state index contributed by atoms with van der Waals surface area (Å²) in [5, 5.41) is 1.97. The van der Waals surface area contributed by atoms with E-state index in [1.54, 1.807) is 21.3 Å². The van der Waals surface area contributed by atoms with Crippen molar-refractivity contribution in [2.75, 3.05) is 21.3 Å². The highest BCUT2D eigenvalue weighted by Gasteiger charge is 2.17. The maximum Gasteiger partial charge on any atom is 0.171 e. The van der Waals surface area contributed by atoms with E-state index in [0.29, 0.717) is 36.0 Å². The second-order valence-corrected chi connectivity index (χ2v) is 8.06. The van der Waals surface area contributed by atoms with Crippen molar-refractivity contribution in [1.82, 2.24) is 4.98 Å². The molecule has 0 unspecified atom stereocenters. The van der Waals surface area contributed by atoms with Crippen LogP contribution >= 0.6 is 15.9 Å². The maximum atomic E-state index is 6.30. The van der Waals surface area contributed by atoms with E-state index in [2.05, 4.69) is 15.9 Å². The number of pyridine rings is 1. The van der Waals surface area contributed by atoms with Gasteiger partial charge in [0.2, 0.25) is 0 Å². The van der Waals surface area contributed by atoms with Gasteiger partial charge >= 0.3 is 0 Å². The van der Waals surface area contributed by atoms with Gasteiger partial charge in [0.15, 0.2) is 23.0 Å². The zero-order valence-electron chi connectivity index (χ0n) is 18.2. The van der Waals surface area contributed by atoms with Crippen LogP contribution in [0.4, 0.5) is 0 Å². The van der Waals surface area contributed by atoms with Crippen LogP contribution in [-0.4, -0.2) is 26.3 Å². The molecule has 0 atom stereocenters. The van der Waals surface area contributed by atoms with Gasteiger partial charge in [-0.2, -0.15) is 0 Å². The van der Waals surface area contributed by atoms with Crippen LogP contribution < -0.4 is 18.9 Å². The standard InChI is InChI=1S/C26H24BrNO4/c1-29-22-10-9-18-11-12-28-21(13-19-14-23(30-2)24(31-3)15-20(19)27)25(18)26(22)32-16-17-7-5-4-6-8-17/h4-12,14-15H,13,16H2,1-3H3. The van der Waals surface area contributed by atoms with Crippen molar-refractivity contribution in [3.05, 3.63) is 88.2 Å². The second kappa shape index (κ2) is 9.92. The fourth-order valence-corrected chi connectivity index (χ4v) is 4.13. The number of aromatic nitrogens is 1. The molecule has 0 fully saturated rings. The minimum atomic E-state index is 0.435. The molecule has 4 rings (SSSR count). The molecule has 0 aliphatic heterocycles. The van der Waals surface area contributed by atoms with E-state index in [1.165, 1.54) is 0 Å². The van der Waals surface area contributed by atoms with Gasteiger partial charge in [-0.15, -0.1) is 0 Å². The van der Waals surface area contributed by atoms with Crippen molar-refractivity contribution in [3.63, 3.8) is 0 Å². The predicted molar refractivity (Wildman–Crippen MR) is 129 cm³/mol. The first-order chi connectivity index (χ1) is 15.6. The first-order valence-electron chi connectivity index (χ1n) is 10.2. The van der Waals surface area contributed by atoms with Crippen molar-refractivity contribution >= 4 is 26.7 Å². The largest absolute Gasteiger partial charge is 0.493 e. The van der Waals surface area contributed by atoms with E-state index in [-0.39, 0.29) is 0 Å². The smallest absolute Gasteiger partial charge is 0.171 e. The molecule has 0 aliphatic carbocycles. The van der Waals surface area contributed by atoms with Crippen LogP contribution in [0.3, 0.4) is 0 Å². The average Bonchev–Trinajstić information content (AvgIpc) is 2.84. The fourth-order valence-electron chi connectivity index (χ4n) is 3.67. The fraction of sp³-hybridized carbons (Fsp3) is 0.192. The number of nitrogens with zero attached hydrogens (tertiary/aromatic N) is 1. The molecule has 6 heteroatoms. The SMILES string of the molecule is COc1cc(Br)c(Cc2nccc3ccc(OC)c(OCc4ccccc4)c23)cc1OC. The van der Waals surface area contributed by atoms with Crippen LogP contribution in [-0.2, 0) is 13.0 Å². The summed E-state index contributed by atoms with van der Waals surface area (Å²) in [6.07, 6.45) is 2.40. The van der Waals surface area contributed by atoms with Crippen LogP contribution in [0, 0.1) is 0 Å². The molecule has 1 heterocycles. The Morgan fingerprint density at radius 3 is 2.25 bits per heavy atom. The zero-order chi connectivity index (χ0) is 22.5. The molecule has 5 nitrogen and oxygen atoms in total. The van der Waals surface area contributed by atoms with Crippen molar-refractivity contribution < 1.29 is 18.9 Å². The molecule has 0 spiro atoms. The quantitative estimate of drug-likeness (QED) is 0.292. The normalized spacial score (nSPS) is 10.8. The number of rotatable bonds is 8. The number of benzene rings is 3. The summed E-state index contributed by atoms with van der Waals surface area (Å²) >= 11 is 3.66. The second-order valence-electron chi connectivity index (χ2n) is 7.20. The Morgan fingerprint density at radius 1 is 0.812 bits per heavy atom. The summed E-state index contributed by atoms with van der Waals surface area (Å²) in [6, 6.07) is 19.9. The lowest BCUT2D eigenvalue weighted by atomic mass is 10.0. The molecule has 0 N–H and O–H groups in total. The van der Waals surface area contributed by atoms with Crippen LogP contribution in [0.2, 0.25) is 0 Å². The van der Waals surface area contributed by atoms with E-state index in [9.17, 15) is 0 Å². The Bertz CT molecular complexity index is 1230. The molecule has 0 radical (unpaired) electrons. The highest BCUT2D eigenvalue weighted by molar-refractivity contribution is 9.10. The molecule has 32 heavy (non-hydrogen) atoms. The number of methoxy groups -OCH3 is 3. The third-order valence-corrected chi connectivity index (χ3v) is 6.02. The molecule has 1 aromatic heterocycles. The molecule has 0 saturated carbocycles. The van der Waals surface area contributed by atoms with Gasteiger partial charge in [-0.05, 0) is 40.8 Å². The summed E-state index contributed by atoms with van der Waals surface area (Å²) in [6.45, 7) is 0.435. The molecule has 3 aromatic carbocycles. The van der Waals surface area contributed by atoms with E-state index >= 15 is 0 Å². The van der Waals surface area contributed by atoms with Gasteiger partial charge in [-0.25, -0.2) is 0 Å². The van der Waals surface area contributed by atoms with Gasteiger partial charge in [0.25, 0.3) is 0 Å². The topological polar surface area (TPSA) is 49.8 Å². The van der Waals surface area contributed by atoms with Crippen LogP contribution in [0.25, 0.3) is 10.8 Å². The van der Waals surface area contributed by atoms with Crippen molar-refractivity contribution in [3.8, 4) is 23.0 Å². The predicted octanol–water partition coefficient (Wildman–Crippen LogP) is 6.19. The average molecular weight is 494 g/mol. The number of fused-ring (bicyclic) bond motifs is 1. The van der Waals surface area contributed by atoms with Crippen molar-refractivity contribution in [2.45, 2.75) is 13.0 Å². The van der Waals surface area contributed by atoms with Crippen LogP contribution in [0.1, 0.15) is 16.8 Å². The first-order valence-corrected chi connectivity index (χ1v) is 11.0. The lowest BCUT2D eigenvalue weighted by Gasteiger charge is -2.17. The number of halogens is 1. The summed E-state index contributed by atoms with van der Waals surface area (Å²) in [4.78, 5) is 4.70. The van der Waals surface area contributed by atoms with Crippen molar-refractivity contribution in [2.24, 2.45) is 0 Å². The molecule has 0 saturated heterocycles. The maximum absolute atomic E-state index is 6.30. The molecule has 0 aliphatic rings. The summed E-state index contributed by atoms with van der Waals surface area (Å²) in [5.74, 6) is 2.70. The van der Waals surface area contributed by atoms with E-state index in [4.69, 9.17) is 23.9 Å². The summed E-state index contributed by atoms with van der Waals surface area (Å²) < 4.78 is 23.8. The minimum Gasteiger partial charge on any atom is -0.493 e. The highest BCUT2D eigenvalue weighted by atomic mass is 79.9. The Labute approximate surface area is 196 Å². The van der Waals surface area contributed by atoms with Crippen LogP contribution in [0.15, 0.2) is 71.3 Å². The molecule has 0 bridgehead atoms. The van der Waals surface area contributed by atoms with Gasteiger partial charge in [-0.1, -0.05) is 52.3 Å². The first kappa shape index (κ1) is 22.0. The minimum absolute atomic E-state index is 0.435. The zero-order valence-corrected chi connectivity index (χ0v) is 19.8. The summed E-state index contributed by atoms with van der Waals surface area (Å²) in [5.41, 5.74) is 3.00. The molecule has 0 amide bonds. The Kier molecular flexibility index (Phi) is 6.81. The Hall–Kier alpha value is -3.25. The van der Waals surface area contributed by atoms with E-state index in [1.807, 2.05) is 66.9 Å². The lowest BCUT2D eigenvalue weighted by Crippen LogP contribution is -2.02. The number of hydrogen-bond donors (Lipinski definition) is 0. The third-order valence-electron chi connectivity index (χ3n) is 5.28. The Morgan fingerprint density at radius 2 is 1.53 bits per heavy atom. The number of hydrogen-bond acceptors (Lipinski definition) is 5. The van der Waals surface area contributed by atoms with Gasteiger partial charge in [0, 0.05) is 22.5 Å². The van der Waals surface area contributed by atoms with Gasteiger partial charge < -0.3 is 18.9 Å². The highest BCUT2D eigenvalue weighted by Crippen LogP contribution is 2.40. The van der Waals surface area contributed by atoms with Gasteiger partial charge in [0.1, 0.15) is 6.61 Å². The molecular formula is C26H24BrNO4. The monoisotopic (exact) mass is 493 g/mol. The molecule has 164 valence electrons. The van der Waals surface area contributed by atoms with Gasteiger partial charge in [0.05, 0.1) is 27.0 Å². The third kappa shape index (κ3) is 4.50. The number of ether oxygens (including phenoxy) is 4. The lowest BCUT2D eigenvalue weighted by molar-refractivity contribution is 0.288. The molecule has 4 aromatic rings. The summed E-state index contributed by atoms with van der Waals surface area (Å²) in [7, 11) is 4.91. The van der Waals surface area contributed by atoms with Crippen LogP contribution in [0.5, 0.6) is 23.0 Å².